The Bertz CT molecular complexity index is 676. The summed E-state index contributed by atoms with van der Waals surface area (Å²) in [4.78, 5) is 12.3. The first-order valence-electron chi connectivity index (χ1n) is 5.56. The van der Waals surface area contributed by atoms with Gasteiger partial charge in [-0.1, -0.05) is 39.1 Å². The van der Waals surface area contributed by atoms with Gasteiger partial charge in [-0.2, -0.15) is 5.10 Å². The second kappa shape index (κ2) is 5.63. The standard InChI is InChI=1S/C12H11BrCl2N4O/c1-5-9(16)11(19(2)18-5)12(20)17-10-7(14)3-6(13)4-8(10)15/h3-4H,16H2,1-2H3,(H,17,20). The van der Waals surface area contributed by atoms with Crippen molar-refractivity contribution in [2.45, 2.75) is 6.92 Å². The molecule has 1 amide bonds. The molecular weight excluding hydrogens is 367 g/mol. The van der Waals surface area contributed by atoms with E-state index in [2.05, 4.69) is 26.3 Å². The predicted octanol–water partition coefficient (Wildman–Crippen LogP) is 3.63. The molecule has 0 radical (unpaired) electrons. The number of carbonyl (C=O) groups is 1. The summed E-state index contributed by atoms with van der Waals surface area (Å²) in [6, 6.07) is 3.28. The quantitative estimate of drug-likeness (QED) is 0.839. The predicted molar refractivity (Wildman–Crippen MR) is 84.5 cm³/mol. The summed E-state index contributed by atoms with van der Waals surface area (Å²) in [6.45, 7) is 1.73. The van der Waals surface area contributed by atoms with Crippen LogP contribution in [0.2, 0.25) is 10.0 Å². The lowest BCUT2D eigenvalue weighted by molar-refractivity contribution is 0.101. The van der Waals surface area contributed by atoms with Crippen molar-refractivity contribution in [2.75, 3.05) is 11.1 Å². The van der Waals surface area contributed by atoms with Crippen molar-refractivity contribution in [3.63, 3.8) is 0 Å². The van der Waals surface area contributed by atoms with E-state index in [1.165, 1.54) is 4.68 Å². The van der Waals surface area contributed by atoms with E-state index in [-0.39, 0.29) is 5.69 Å². The summed E-state index contributed by atoms with van der Waals surface area (Å²) < 4.78 is 2.14. The zero-order valence-electron chi connectivity index (χ0n) is 10.7. The van der Waals surface area contributed by atoms with Crippen LogP contribution in [0.4, 0.5) is 11.4 Å². The zero-order chi connectivity index (χ0) is 15.0. The van der Waals surface area contributed by atoms with Crippen molar-refractivity contribution in [1.29, 1.82) is 0 Å². The summed E-state index contributed by atoms with van der Waals surface area (Å²) >= 11 is 15.4. The molecule has 0 aliphatic heterocycles. The molecule has 0 bridgehead atoms. The number of benzene rings is 1. The van der Waals surface area contributed by atoms with E-state index in [4.69, 9.17) is 28.9 Å². The fraction of sp³-hybridized carbons (Fsp3) is 0.167. The van der Waals surface area contributed by atoms with Crippen molar-refractivity contribution < 1.29 is 4.79 Å². The fourth-order valence-corrected chi connectivity index (χ4v) is 3.08. The Morgan fingerprint density at radius 3 is 2.40 bits per heavy atom. The van der Waals surface area contributed by atoms with Crippen molar-refractivity contribution in [3.05, 3.63) is 38.0 Å². The van der Waals surface area contributed by atoms with Crippen LogP contribution < -0.4 is 11.1 Å². The first-order chi connectivity index (χ1) is 9.31. The highest BCUT2D eigenvalue weighted by Crippen LogP contribution is 2.34. The van der Waals surface area contributed by atoms with Gasteiger partial charge in [0.2, 0.25) is 0 Å². The molecule has 8 heteroatoms. The SMILES string of the molecule is Cc1nn(C)c(C(=O)Nc2c(Cl)cc(Br)cc2Cl)c1N. The van der Waals surface area contributed by atoms with E-state index in [1.807, 2.05) is 0 Å². The first kappa shape index (κ1) is 15.2. The van der Waals surface area contributed by atoms with Crippen molar-refractivity contribution in [1.82, 2.24) is 9.78 Å². The molecule has 0 fully saturated rings. The Morgan fingerprint density at radius 1 is 1.40 bits per heavy atom. The average Bonchev–Trinajstić information content (AvgIpc) is 2.58. The van der Waals surface area contributed by atoms with Crippen LogP contribution in [0, 0.1) is 6.92 Å². The van der Waals surface area contributed by atoms with Crippen LogP contribution in [0.3, 0.4) is 0 Å². The molecule has 106 valence electrons. The number of nitrogens with one attached hydrogen (secondary N) is 1. The smallest absolute Gasteiger partial charge is 0.276 e. The Kier molecular flexibility index (Phi) is 4.27. The number of nitrogens with two attached hydrogens (primary N) is 1. The number of anilines is 2. The van der Waals surface area contributed by atoms with E-state index in [0.717, 1.165) is 4.47 Å². The summed E-state index contributed by atoms with van der Waals surface area (Å²) in [5.41, 5.74) is 7.35. The summed E-state index contributed by atoms with van der Waals surface area (Å²) in [5.74, 6) is -0.420. The van der Waals surface area contributed by atoms with Crippen molar-refractivity contribution in [2.24, 2.45) is 7.05 Å². The molecule has 2 rings (SSSR count). The Balaban J connectivity index is 2.38. The lowest BCUT2D eigenvalue weighted by atomic mass is 10.2. The molecule has 0 saturated carbocycles. The molecule has 0 aliphatic rings. The first-order valence-corrected chi connectivity index (χ1v) is 7.11. The van der Waals surface area contributed by atoms with Crippen LogP contribution in [0.15, 0.2) is 16.6 Å². The van der Waals surface area contributed by atoms with Gasteiger partial charge in [-0.05, 0) is 19.1 Å². The second-order valence-electron chi connectivity index (χ2n) is 4.17. The highest BCUT2D eigenvalue weighted by Gasteiger charge is 2.20. The van der Waals surface area contributed by atoms with Gasteiger partial charge in [-0.3, -0.25) is 9.48 Å². The number of nitrogen functional groups attached to an aromatic ring is 1. The Hall–Kier alpha value is -1.24. The van der Waals surface area contributed by atoms with Gasteiger partial charge in [0.25, 0.3) is 5.91 Å². The zero-order valence-corrected chi connectivity index (χ0v) is 13.8. The minimum absolute atomic E-state index is 0.262. The van der Waals surface area contributed by atoms with Gasteiger partial charge in [0.15, 0.2) is 0 Å². The van der Waals surface area contributed by atoms with E-state index in [9.17, 15) is 4.79 Å². The molecule has 3 N–H and O–H groups in total. The van der Waals surface area contributed by atoms with E-state index >= 15 is 0 Å². The molecule has 1 aromatic carbocycles. The summed E-state index contributed by atoms with van der Waals surface area (Å²) in [7, 11) is 1.64. The molecule has 20 heavy (non-hydrogen) atoms. The minimum Gasteiger partial charge on any atom is -0.395 e. The highest BCUT2D eigenvalue weighted by molar-refractivity contribution is 9.10. The maximum absolute atomic E-state index is 12.3. The molecular formula is C12H11BrCl2N4O. The number of nitrogens with zero attached hydrogens (tertiary/aromatic N) is 2. The van der Waals surface area contributed by atoms with E-state index in [0.29, 0.717) is 27.1 Å². The number of amides is 1. The third-order valence-corrected chi connectivity index (χ3v) is 3.78. The molecule has 5 nitrogen and oxygen atoms in total. The molecule has 0 spiro atoms. The largest absolute Gasteiger partial charge is 0.395 e. The van der Waals surface area contributed by atoms with Crippen molar-refractivity contribution in [3.8, 4) is 0 Å². The number of aromatic nitrogens is 2. The van der Waals surface area contributed by atoms with Gasteiger partial charge in [0, 0.05) is 11.5 Å². The maximum Gasteiger partial charge on any atom is 0.276 e. The molecule has 2 aromatic rings. The number of carbonyl (C=O) groups excluding carboxylic acids is 1. The maximum atomic E-state index is 12.3. The Morgan fingerprint density at radius 2 is 1.95 bits per heavy atom. The summed E-state index contributed by atoms with van der Waals surface area (Å²) in [6.07, 6.45) is 0. The van der Waals surface area contributed by atoms with Gasteiger partial charge in [0.05, 0.1) is 27.1 Å². The minimum atomic E-state index is -0.420. The van der Waals surface area contributed by atoms with Crippen LogP contribution in [0.25, 0.3) is 0 Å². The van der Waals surface area contributed by atoms with Crippen LogP contribution in [-0.2, 0) is 7.05 Å². The van der Waals surface area contributed by atoms with Crippen LogP contribution >= 0.6 is 39.1 Å². The van der Waals surface area contributed by atoms with Gasteiger partial charge in [-0.15, -0.1) is 0 Å². The van der Waals surface area contributed by atoms with E-state index < -0.39 is 5.91 Å². The third-order valence-electron chi connectivity index (χ3n) is 2.73. The van der Waals surface area contributed by atoms with Gasteiger partial charge in [-0.25, -0.2) is 0 Å². The van der Waals surface area contributed by atoms with E-state index in [1.54, 1.807) is 26.1 Å². The second-order valence-corrected chi connectivity index (χ2v) is 5.90. The molecule has 1 heterocycles. The molecule has 1 aromatic heterocycles. The average molecular weight is 378 g/mol. The Labute approximate surface area is 134 Å². The van der Waals surface area contributed by atoms with Gasteiger partial charge in [0.1, 0.15) is 5.69 Å². The monoisotopic (exact) mass is 376 g/mol. The van der Waals surface area contributed by atoms with Crippen LogP contribution in [-0.4, -0.2) is 15.7 Å². The topological polar surface area (TPSA) is 72.9 Å². The molecule has 0 atom stereocenters. The van der Waals surface area contributed by atoms with Crippen molar-refractivity contribution >= 4 is 56.4 Å². The lowest BCUT2D eigenvalue weighted by Gasteiger charge is -2.10. The number of hydrogen-bond acceptors (Lipinski definition) is 3. The lowest BCUT2D eigenvalue weighted by Crippen LogP contribution is -2.18. The van der Waals surface area contributed by atoms with Crippen LogP contribution in [0.5, 0.6) is 0 Å². The molecule has 0 saturated heterocycles. The number of rotatable bonds is 2. The van der Waals surface area contributed by atoms with Crippen LogP contribution in [0.1, 0.15) is 16.2 Å². The van der Waals surface area contributed by atoms with Gasteiger partial charge < -0.3 is 11.1 Å². The number of halogens is 3. The number of hydrogen-bond donors (Lipinski definition) is 2. The number of aryl methyl sites for hydroxylation is 2. The van der Waals surface area contributed by atoms with Gasteiger partial charge >= 0.3 is 0 Å². The fourth-order valence-electron chi connectivity index (χ4n) is 1.78. The normalized spacial score (nSPS) is 10.7. The molecule has 0 unspecified atom stereocenters. The highest BCUT2D eigenvalue weighted by atomic mass is 79.9. The third kappa shape index (κ3) is 2.77. The summed E-state index contributed by atoms with van der Waals surface area (Å²) in [5, 5.41) is 7.40. The molecule has 0 aliphatic carbocycles.